The molecule has 0 aromatic heterocycles. The zero-order valence-electron chi connectivity index (χ0n) is 16.1. The van der Waals surface area contributed by atoms with E-state index >= 15 is 0 Å². The van der Waals surface area contributed by atoms with Gasteiger partial charge in [-0.25, -0.2) is 0 Å². The predicted octanol–water partition coefficient (Wildman–Crippen LogP) is 5.42. The van der Waals surface area contributed by atoms with Gasteiger partial charge in [0.25, 0.3) is 0 Å². The molecule has 1 heterocycles. The fourth-order valence-corrected chi connectivity index (χ4v) is 4.31. The van der Waals surface area contributed by atoms with Crippen LogP contribution in [-0.2, 0) is 9.53 Å². The van der Waals surface area contributed by atoms with Gasteiger partial charge < -0.3 is 4.74 Å². The fraction of sp³-hybridized carbons (Fsp3) is 0.154. The highest BCUT2D eigenvalue weighted by Crippen LogP contribution is 2.48. The SMILES string of the molecule is Cc1ccc([C@H]2C[C@H](c3ccccc3)C3=C(O2)c2ccccc2C(=O)C3=O)cc1. The molecule has 0 saturated carbocycles. The summed E-state index contributed by atoms with van der Waals surface area (Å²) in [6, 6.07) is 25.5. The Morgan fingerprint density at radius 3 is 2.10 bits per heavy atom. The summed E-state index contributed by atoms with van der Waals surface area (Å²) in [5.41, 5.74) is 4.92. The fourth-order valence-electron chi connectivity index (χ4n) is 4.31. The van der Waals surface area contributed by atoms with Crippen LogP contribution in [0.25, 0.3) is 5.76 Å². The highest BCUT2D eigenvalue weighted by molar-refractivity contribution is 6.52. The molecule has 142 valence electrons. The summed E-state index contributed by atoms with van der Waals surface area (Å²) in [5, 5.41) is 0. The van der Waals surface area contributed by atoms with Crippen molar-refractivity contribution in [3.05, 3.63) is 112 Å². The molecule has 0 radical (unpaired) electrons. The van der Waals surface area contributed by atoms with Crippen LogP contribution in [0.15, 0.2) is 84.4 Å². The van der Waals surface area contributed by atoms with E-state index in [4.69, 9.17) is 4.74 Å². The minimum absolute atomic E-state index is 0.184. The molecule has 3 aromatic carbocycles. The molecule has 2 atom stereocenters. The van der Waals surface area contributed by atoms with E-state index in [1.54, 1.807) is 12.1 Å². The number of fused-ring (bicyclic) bond motifs is 2. The van der Waals surface area contributed by atoms with Gasteiger partial charge in [0, 0.05) is 17.0 Å². The van der Waals surface area contributed by atoms with Gasteiger partial charge in [0.1, 0.15) is 11.9 Å². The second-order valence-electron chi connectivity index (χ2n) is 7.66. The quantitative estimate of drug-likeness (QED) is 0.558. The molecule has 1 aliphatic carbocycles. The number of Topliss-reactive ketones (excluding diaryl/α,β-unsaturated/α-hetero) is 2. The molecule has 5 rings (SSSR count). The molecule has 29 heavy (non-hydrogen) atoms. The van der Waals surface area contributed by atoms with Crippen molar-refractivity contribution < 1.29 is 14.3 Å². The van der Waals surface area contributed by atoms with E-state index in [9.17, 15) is 9.59 Å². The predicted molar refractivity (Wildman–Crippen MR) is 112 cm³/mol. The highest BCUT2D eigenvalue weighted by atomic mass is 16.5. The minimum Gasteiger partial charge on any atom is -0.485 e. The zero-order valence-corrected chi connectivity index (χ0v) is 16.1. The number of carbonyl (C=O) groups is 2. The number of benzene rings is 3. The lowest BCUT2D eigenvalue weighted by Gasteiger charge is -2.36. The summed E-state index contributed by atoms with van der Waals surface area (Å²) in [7, 11) is 0. The Morgan fingerprint density at radius 1 is 0.724 bits per heavy atom. The second-order valence-corrected chi connectivity index (χ2v) is 7.66. The van der Waals surface area contributed by atoms with E-state index in [1.807, 2.05) is 42.5 Å². The first kappa shape index (κ1) is 17.6. The van der Waals surface area contributed by atoms with Gasteiger partial charge in [0.15, 0.2) is 0 Å². The minimum atomic E-state index is -0.449. The summed E-state index contributed by atoms with van der Waals surface area (Å²) < 4.78 is 6.42. The van der Waals surface area contributed by atoms with Crippen LogP contribution in [0.3, 0.4) is 0 Å². The van der Waals surface area contributed by atoms with E-state index in [0.29, 0.717) is 28.9 Å². The molecule has 1 aliphatic heterocycles. The normalized spacial score (nSPS) is 20.7. The van der Waals surface area contributed by atoms with Crippen LogP contribution in [-0.4, -0.2) is 11.6 Å². The van der Waals surface area contributed by atoms with Crippen LogP contribution in [0.1, 0.15) is 51.1 Å². The molecule has 0 bridgehead atoms. The van der Waals surface area contributed by atoms with Crippen molar-refractivity contribution >= 4 is 17.3 Å². The number of rotatable bonds is 2. The molecule has 3 nitrogen and oxygen atoms in total. The van der Waals surface area contributed by atoms with Crippen molar-refractivity contribution in [3.63, 3.8) is 0 Å². The van der Waals surface area contributed by atoms with Crippen molar-refractivity contribution in [1.29, 1.82) is 0 Å². The first-order valence-corrected chi connectivity index (χ1v) is 9.84. The Morgan fingerprint density at radius 2 is 1.38 bits per heavy atom. The third-order valence-electron chi connectivity index (χ3n) is 5.82. The third-order valence-corrected chi connectivity index (χ3v) is 5.82. The third kappa shape index (κ3) is 2.90. The van der Waals surface area contributed by atoms with E-state index in [-0.39, 0.29) is 12.0 Å². The lowest BCUT2D eigenvalue weighted by molar-refractivity contribution is -0.112. The Balaban J connectivity index is 1.70. The maximum absolute atomic E-state index is 13.1. The molecule has 0 fully saturated rings. The van der Waals surface area contributed by atoms with Crippen molar-refractivity contribution in [2.75, 3.05) is 0 Å². The van der Waals surface area contributed by atoms with Crippen LogP contribution in [0.4, 0.5) is 0 Å². The number of hydrogen-bond donors (Lipinski definition) is 0. The van der Waals surface area contributed by atoms with Gasteiger partial charge in [0.05, 0.1) is 5.57 Å². The van der Waals surface area contributed by atoms with E-state index < -0.39 is 11.6 Å². The van der Waals surface area contributed by atoms with Crippen LogP contribution >= 0.6 is 0 Å². The smallest absolute Gasteiger partial charge is 0.234 e. The Bertz CT molecular complexity index is 1140. The first-order chi connectivity index (χ1) is 14.1. The van der Waals surface area contributed by atoms with Gasteiger partial charge in [-0.15, -0.1) is 0 Å². The Hall–Kier alpha value is -3.46. The number of ether oxygens (including phenoxy) is 1. The van der Waals surface area contributed by atoms with Crippen molar-refractivity contribution in [3.8, 4) is 0 Å². The molecule has 3 heteroatoms. The Kier molecular flexibility index (Phi) is 4.17. The molecule has 0 saturated heterocycles. The molecule has 2 aliphatic rings. The number of hydrogen-bond acceptors (Lipinski definition) is 3. The van der Waals surface area contributed by atoms with Gasteiger partial charge in [-0.1, -0.05) is 84.4 Å². The number of aryl methyl sites for hydroxylation is 1. The van der Waals surface area contributed by atoms with Crippen molar-refractivity contribution in [1.82, 2.24) is 0 Å². The number of ketones is 2. The summed E-state index contributed by atoms with van der Waals surface area (Å²) in [6.07, 6.45) is 0.432. The van der Waals surface area contributed by atoms with Gasteiger partial charge in [-0.2, -0.15) is 0 Å². The molecular formula is C26H20O3. The average molecular weight is 380 g/mol. The van der Waals surface area contributed by atoms with Gasteiger partial charge >= 0.3 is 0 Å². The summed E-state index contributed by atoms with van der Waals surface area (Å²) in [6.45, 7) is 2.06. The number of carbonyl (C=O) groups excluding carboxylic acids is 2. The topological polar surface area (TPSA) is 43.4 Å². The summed E-state index contributed by atoms with van der Waals surface area (Å²) >= 11 is 0. The monoisotopic (exact) mass is 380 g/mol. The van der Waals surface area contributed by atoms with Crippen molar-refractivity contribution in [2.45, 2.75) is 25.4 Å². The average Bonchev–Trinajstić information content (AvgIpc) is 2.78. The first-order valence-electron chi connectivity index (χ1n) is 9.84. The summed E-state index contributed by atoms with van der Waals surface area (Å²) in [5.74, 6) is -0.528. The Labute approximate surface area is 169 Å². The lowest BCUT2D eigenvalue weighted by atomic mass is 9.75. The van der Waals surface area contributed by atoms with Crippen LogP contribution in [0.2, 0.25) is 0 Å². The molecular weight excluding hydrogens is 360 g/mol. The molecule has 0 spiro atoms. The zero-order chi connectivity index (χ0) is 20.0. The van der Waals surface area contributed by atoms with Gasteiger partial charge in [-0.05, 0) is 24.5 Å². The maximum atomic E-state index is 13.1. The van der Waals surface area contributed by atoms with Gasteiger partial charge in [0.2, 0.25) is 11.6 Å². The van der Waals surface area contributed by atoms with E-state index in [2.05, 4.69) is 31.2 Å². The summed E-state index contributed by atoms with van der Waals surface area (Å²) in [4.78, 5) is 25.9. The van der Waals surface area contributed by atoms with Crippen LogP contribution in [0.5, 0.6) is 0 Å². The lowest BCUT2D eigenvalue weighted by Crippen LogP contribution is -2.32. The largest absolute Gasteiger partial charge is 0.485 e. The van der Waals surface area contributed by atoms with E-state index in [1.165, 1.54) is 5.56 Å². The molecule has 3 aromatic rings. The molecule has 0 unspecified atom stereocenters. The van der Waals surface area contributed by atoms with Gasteiger partial charge in [-0.3, -0.25) is 9.59 Å². The van der Waals surface area contributed by atoms with E-state index in [0.717, 1.165) is 11.1 Å². The standard InChI is InChI=1S/C26H20O3/c1-16-11-13-18(14-12-16)22-15-21(17-7-3-2-4-8-17)23-25(28)24(27)19-9-5-6-10-20(19)26(23)29-22/h2-14,21-22H,15H2,1H3/t21-,22-/m1/s1. The molecule has 0 amide bonds. The second kappa shape index (κ2) is 6.85. The van der Waals surface area contributed by atoms with Crippen LogP contribution < -0.4 is 0 Å². The van der Waals surface area contributed by atoms with Crippen LogP contribution in [0, 0.1) is 6.92 Å². The molecule has 0 N–H and O–H groups in total. The maximum Gasteiger partial charge on any atom is 0.234 e. The highest BCUT2D eigenvalue weighted by Gasteiger charge is 2.43. The number of allylic oxidation sites excluding steroid dienone is 1. The van der Waals surface area contributed by atoms with Crippen molar-refractivity contribution in [2.24, 2.45) is 0 Å².